The molecule has 0 bridgehead atoms. The van der Waals surface area contributed by atoms with Crippen LogP contribution in [0.2, 0.25) is 10.0 Å². The second-order valence-electron chi connectivity index (χ2n) is 8.34. The van der Waals surface area contributed by atoms with E-state index >= 15 is 0 Å². The standard InChI is InChI=1S/C23H23Cl2F2NO3/c24-17-6-4-16(5-7-17)23(30)10-8-15-13-28(11-9-14(15)12-23)21(29)18-2-1-3-19(20(18)25)31-22(26)27/h1-7,14-15,22,30H,8-13H2/t14?,15?,23-/m1/s1. The van der Waals surface area contributed by atoms with E-state index in [0.29, 0.717) is 36.9 Å². The number of hydrogen-bond acceptors (Lipinski definition) is 3. The normalized spacial score (nSPS) is 25.9. The number of nitrogens with zero attached hydrogens (tertiary/aromatic N) is 1. The highest BCUT2D eigenvalue weighted by Crippen LogP contribution is 2.46. The summed E-state index contributed by atoms with van der Waals surface area (Å²) in [5.74, 6) is 0.0665. The summed E-state index contributed by atoms with van der Waals surface area (Å²) in [6.07, 6.45) is 2.79. The molecular formula is C23H23Cl2F2NO3. The second-order valence-corrected chi connectivity index (χ2v) is 9.15. The average molecular weight is 470 g/mol. The van der Waals surface area contributed by atoms with Gasteiger partial charge in [-0.05, 0) is 67.3 Å². The topological polar surface area (TPSA) is 49.8 Å². The Kier molecular flexibility index (Phi) is 6.42. The number of hydrogen-bond donors (Lipinski definition) is 1. The van der Waals surface area contributed by atoms with Gasteiger partial charge in [0.25, 0.3) is 5.91 Å². The molecule has 1 heterocycles. The fraction of sp³-hybridized carbons (Fsp3) is 0.435. The number of halogens is 4. The van der Waals surface area contributed by atoms with Crippen LogP contribution in [-0.2, 0) is 5.60 Å². The van der Waals surface area contributed by atoms with Crippen LogP contribution >= 0.6 is 23.2 Å². The zero-order valence-electron chi connectivity index (χ0n) is 16.7. The first kappa shape index (κ1) is 22.3. The van der Waals surface area contributed by atoms with E-state index in [1.54, 1.807) is 17.0 Å². The highest BCUT2D eigenvalue weighted by molar-refractivity contribution is 6.35. The molecule has 1 amide bonds. The Bertz CT molecular complexity index is 956. The zero-order chi connectivity index (χ0) is 22.2. The molecule has 0 aromatic heterocycles. The summed E-state index contributed by atoms with van der Waals surface area (Å²) >= 11 is 12.1. The smallest absolute Gasteiger partial charge is 0.387 e. The number of carbonyl (C=O) groups is 1. The van der Waals surface area contributed by atoms with Gasteiger partial charge < -0.3 is 14.7 Å². The van der Waals surface area contributed by atoms with Crippen molar-refractivity contribution in [3.63, 3.8) is 0 Å². The van der Waals surface area contributed by atoms with Crippen molar-refractivity contribution in [2.24, 2.45) is 11.8 Å². The molecule has 1 saturated heterocycles. The predicted octanol–water partition coefficient (Wildman–Crippen LogP) is 5.74. The molecule has 2 aromatic rings. The zero-order valence-corrected chi connectivity index (χ0v) is 18.3. The quantitative estimate of drug-likeness (QED) is 0.620. The fourth-order valence-electron chi connectivity index (χ4n) is 4.88. The third-order valence-corrected chi connectivity index (χ3v) is 7.14. The minimum atomic E-state index is -3.01. The van der Waals surface area contributed by atoms with Gasteiger partial charge in [0.2, 0.25) is 0 Å². The number of amides is 1. The highest BCUT2D eigenvalue weighted by atomic mass is 35.5. The summed E-state index contributed by atoms with van der Waals surface area (Å²) < 4.78 is 29.6. The molecule has 1 aliphatic heterocycles. The number of piperidine rings is 1. The van der Waals surface area contributed by atoms with E-state index in [2.05, 4.69) is 4.74 Å². The van der Waals surface area contributed by atoms with Crippen LogP contribution in [0.25, 0.3) is 0 Å². The summed E-state index contributed by atoms with van der Waals surface area (Å²) in [5, 5.41) is 11.8. The van der Waals surface area contributed by atoms with E-state index in [9.17, 15) is 18.7 Å². The van der Waals surface area contributed by atoms with E-state index in [0.717, 1.165) is 18.4 Å². The van der Waals surface area contributed by atoms with Crippen LogP contribution in [0.4, 0.5) is 8.78 Å². The molecule has 2 aliphatic rings. The van der Waals surface area contributed by atoms with Crippen molar-refractivity contribution >= 4 is 29.1 Å². The third-order valence-electron chi connectivity index (χ3n) is 6.50. The lowest BCUT2D eigenvalue weighted by atomic mass is 9.66. The van der Waals surface area contributed by atoms with Crippen LogP contribution < -0.4 is 4.74 Å². The van der Waals surface area contributed by atoms with E-state index in [1.165, 1.54) is 18.2 Å². The number of ether oxygens (including phenoxy) is 1. The fourth-order valence-corrected chi connectivity index (χ4v) is 5.25. The van der Waals surface area contributed by atoms with Crippen molar-refractivity contribution in [1.29, 1.82) is 0 Å². The van der Waals surface area contributed by atoms with Crippen molar-refractivity contribution in [2.75, 3.05) is 13.1 Å². The molecule has 2 unspecified atom stereocenters. The molecule has 0 radical (unpaired) electrons. The maximum atomic E-state index is 13.1. The van der Waals surface area contributed by atoms with Gasteiger partial charge in [-0.15, -0.1) is 0 Å². The minimum Gasteiger partial charge on any atom is -0.433 e. The average Bonchev–Trinajstić information content (AvgIpc) is 2.74. The minimum absolute atomic E-state index is 0.101. The van der Waals surface area contributed by atoms with Gasteiger partial charge in [0.05, 0.1) is 16.2 Å². The Balaban J connectivity index is 1.45. The number of aliphatic hydroxyl groups is 1. The van der Waals surface area contributed by atoms with Gasteiger partial charge in [0.1, 0.15) is 5.75 Å². The van der Waals surface area contributed by atoms with Gasteiger partial charge in [-0.2, -0.15) is 8.78 Å². The van der Waals surface area contributed by atoms with Gasteiger partial charge in [-0.1, -0.05) is 41.4 Å². The van der Waals surface area contributed by atoms with Gasteiger partial charge in [-0.3, -0.25) is 4.79 Å². The first-order valence-corrected chi connectivity index (χ1v) is 11.0. The lowest BCUT2D eigenvalue weighted by molar-refractivity contribution is -0.0576. The van der Waals surface area contributed by atoms with Crippen LogP contribution in [0.3, 0.4) is 0 Å². The second kappa shape index (κ2) is 8.93. The largest absolute Gasteiger partial charge is 0.433 e. The van der Waals surface area contributed by atoms with Crippen molar-refractivity contribution < 1.29 is 23.4 Å². The molecule has 31 heavy (non-hydrogen) atoms. The van der Waals surface area contributed by atoms with Crippen molar-refractivity contribution in [3.05, 3.63) is 63.6 Å². The van der Waals surface area contributed by atoms with Gasteiger partial charge >= 0.3 is 6.61 Å². The monoisotopic (exact) mass is 469 g/mol. The van der Waals surface area contributed by atoms with Gasteiger partial charge in [0.15, 0.2) is 0 Å². The maximum Gasteiger partial charge on any atom is 0.387 e. The Hall–Kier alpha value is -1.89. The third kappa shape index (κ3) is 4.66. The summed E-state index contributed by atoms with van der Waals surface area (Å²) in [6, 6.07) is 11.6. The summed E-state index contributed by atoms with van der Waals surface area (Å²) in [5.41, 5.74) is 0.144. The molecule has 1 saturated carbocycles. The predicted molar refractivity (Wildman–Crippen MR) is 115 cm³/mol. The molecule has 4 nitrogen and oxygen atoms in total. The first-order chi connectivity index (χ1) is 14.8. The Morgan fingerprint density at radius 3 is 2.58 bits per heavy atom. The lowest BCUT2D eigenvalue weighted by Gasteiger charge is -2.47. The van der Waals surface area contributed by atoms with Crippen molar-refractivity contribution in [3.8, 4) is 5.75 Å². The lowest BCUT2D eigenvalue weighted by Crippen LogP contribution is -2.48. The van der Waals surface area contributed by atoms with Crippen molar-refractivity contribution in [1.82, 2.24) is 4.90 Å². The van der Waals surface area contributed by atoms with Gasteiger partial charge in [0, 0.05) is 18.1 Å². The Labute approximate surface area is 189 Å². The molecule has 2 aromatic carbocycles. The molecule has 2 fully saturated rings. The van der Waals surface area contributed by atoms with E-state index in [-0.39, 0.29) is 28.2 Å². The molecular weight excluding hydrogens is 447 g/mol. The summed E-state index contributed by atoms with van der Waals surface area (Å²) in [4.78, 5) is 14.8. The van der Waals surface area contributed by atoms with E-state index < -0.39 is 12.2 Å². The molecule has 4 rings (SSSR count). The number of alkyl halides is 2. The van der Waals surface area contributed by atoms with Crippen LogP contribution in [0.15, 0.2) is 42.5 Å². The highest BCUT2D eigenvalue weighted by Gasteiger charge is 2.43. The SMILES string of the molecule is O=C(c1cccc(OC(F)F)c1Cl)N1CCC2C[C@@](O)(c3ccc(Cl)cc3)CCC2C1. The number of rotatable bonds is 4. The number of likely N-dealkylation sites (tertiary alicyclic amines) is 1. The summed E-state index contributed by atoms with van der Waals surface area (Å²) in [7, 11) is 0. The van der Waals surface area contributed by atoms with Crippen LogP contribution in [0.1, 0.15) is 41.6 Å². The molecule has 1 N–H and O–H groups in total. The number of carbonyl (C=O) groups excluding carboxylic acids is 1. The van der Waals surface area contributed by atoms with E-state index in [1.807, 2.05) is 12.1 Å². The first-order valence-electron chi connectivity index (χ1n) is 10.3. The van der Waals surface area contributed by atoms with Crippen LogP contribution in [0, 0.1) is 11.8 Å². The van der Waals surface area contributed by atoms with Gasteiger partial charge in [-0.25, -0.2) is 0 Å². The number of benzene rings is 2. The molecule has 0 spiro atoms. The molecule has 3 atom stereocenters. The Morgan fingerprint density at radius 2 is 1.87 bits per heavy atom. The Morgan fingerprint density at radius 1 is 1.13 bits per heavy atom. The van der Waals surface area contributed by atoms with Crippen molar-refractivity contribution in [2.45, 2.75) is 37.9 Å². The summed E-state index contributed by atoms with van der Waals surface area (Å²) in [6.45, 7) is -1.94. The molecule has 8 heteroatoms. The number of fused-ring (bicyclic) bond motifs is 1. The van der Waals surface area contributed by atoms with Crippen LogP contribution in [-0.4, -0.2) is 35.6 Å². The maximum absolute atomic E-state index is 13.1. The molecule has 1 aliphatic carbocycles. The van der Waals surface area contributed by atoms with E-state index in [4.69, 9.17) is 23.2 Å². The van der Waals surface area contributed by atoms with Crippen LogP contribution in [0.5, 0.6) is 5.75 Å². The molecule has 166 valence electrons.